The molecule has 3 unspecified atom stereocenters. The molecule has 2 aliphatic carbocycles. The van der Waals surface area contributed by atoms with Gasteiger partial charge in [0.25, 0.3) is 0 Å². The lowest BCUT2D eigenvalue weighted by Gasteiger charge is -2.27. The minimum atomic E-state index is -0.253. The van der Waals surface area contributed by atoms with Gasteiger partial charge < -0.3 is 10.6 Å². The summed E-state index contributed by atoms with van der Waals surface area (Å²) < 4.78 is 13.0. The zero-order chi connectivity index (χ0) is 13.4. The Morgan fingerprint density at radius 3 is 2.79 bits per heavy atom. The number of fused-ring (bicyclic) bond motifs is 2. The molecule has 19 heavy (non-hydrogen) atoms. The summed E-state index contributed by atoms with van der Waals surface area (Å²) in [5.74, 6) is 2.57. The van der Waals surface area contributed by atoms with Crippen LogP contribution in [0, 0.1) is 23.6 Å². The smallest absolute Gasteiger partial charge is 0.125 e. The molecule has 1 aromatic carbocycles. The van der Waals surface area contributed by atoms with E-state index in [0.29, 0.717) is 5.69 Å². The van der Waals surface area contributed by atoms with Crippen LogP contribution < -0.4 is 5.73 Å². The number of benzene rings is 1. The largest absolute Gasteiger partial charge is 0.398 e. The minimum absolute atomic E-state index is 0.253. The van der Waals surface area contributed by atoms with E-state index in [0.717, 1.165) is 36.4 Å². The van der Waals surface area contributed by atoms with E-state index < -0.39 is 0 Å². The molecular formula is C16H23FN2. The van der Waals surface area contributed by atoms with Crippen LogP contribution in [0.25, 0.3) is 0 Å². The molecule has 0 aliphatic heterocycles. The van der Waals surface area contributed by atoms with Crippen LogP contribution in [0.2, 0.25) is 0 Å². The molecular weight excluding hydrogens is 239 g/mol. The number of nitrogen functional groups attached to an aromatic ring is 1. The van der Waals surface area contributed by atoms with Gasteiger partial charge in [-0.3, -0.25) is 0 Å². The van der Waals surface area contributed by atoms with Crippen LogP contribution in [0.3, 0.4) is 0 Å². The monoisotopic (exact) mass is 262 g/mol. The van der Waals surface area contributed by atoms with Crippen molar-refractivity contribution in [2.45, 2.75) is 32.2 Å². The summed E-state index contributed by atoms with van der Waals surface area (Å²) in [6, 6.07) is 4.72. The highest BCUT2D eigenvalue weighted by molar-refractivity contribution is 5.46. The van der Waals surface area contributed by atoms with E-state index in [1.54, 1.807) is 0 Å². The molecule has 3 heteroatoms. The number of nitrogens with two attached hydrogens (primary N) is 1. The first-order valence-electron chi connectivity index (χ1n) is 7.34. The highest BCUT2D eigenvalue weighted by atomic mass is 19.1. The van der Waals surface area contributed by atoms with Crippen LogP contribution in [0.4, 0.5) is 10.1 Å². The minimum Gasteiger partial charge on any atom is -0.398 e. The molecule has 0 aromatic heterocycles. The standard InChI is InChI=1S/C16H23FN2/c1-19(9-13-4-5-15(17)8-16(13)18)10-14-7-11-2-3-12(14)6-11/h4-5,8,11-12,14H,2-3,6-7,9-10,18H2,1H3. The van der Waals surface area contributed by atoms with Gasteiger partial charge in [0.1, 0.15) is 5.82 Å². The average Bonchev–Trinajstić information content (AvgIpc) is 2.95. The van der Waals surface area contributed by atoms with Gasteiger partial charge in [-0.05, 0) is 61.8 Å². The van der Waals surface area contributed by atoms with Gasteiger partial charge in [-0.1, -0.05) is 12.5 Å². The van der Waals surface area contributed by atoms with E-state index in [2.05, 4.69) is 11.9 Å². The normalized spacial score (nSPS) is 29.3. The van der Waals surface area contributed by atoms with E-state index in [4.69, 9.17) is 5.73 Å². The van der Waals surface area contributed by atoms with Crippen LogP contribution in [0.5, 0.6) is 0 Å². The number of anilines is 1. The van der Waals surface area contributed by atoms with Crippen LogP contribution >= 0.6 is 0 Å². The van der Waals surface area contributed by atoms with Gasteiger partial charge in [0.2, 0.25) is 0 Å². The lowest BCUT2D eigenvalue weighted by molar-refractivity contribution is 0.215. The first kappa shape index (κ1) is 12.9. The Balaban J connectivity index is 1.57. The summed E-state index contributed by atoms with van der Waals surface area (Å²) in [4.78, 5) is 2.34. The zero-order valence-electron chi connectivity index (χ0n) is 11.6. The summed E-state index contributed by atoms with van der Waals surface area (Å²) in [7, 11) is 2.15. The van der Waals surface area contributed by atoms with Crippen LogP contribution in [0.15, 0.2) is 18.2 Å². The number of halogens is 1. The maximum atomic E-state index is 13.0. The first-order valence-corrected chi connectivity index (χ1v) is 7.34. The molecule has 104 valence electrons. The van der Waals surface area contributed by atoms with Crippen molar-refractivity contribution in [2.24, 2.45) is 17.8 Å². The Bertz CT molecular complexity index is 460. The number of nitrogens with zero attached hydrogens (tertiary/aromatic N) is 1. The van der Waals surface area contributed by atoms with Crippen molar-refractivity contribution in [1.82, 2.24) is 4.90 Å². The molecule has 2 bridgehead atoms. The molecule has 2 fully saturated rings. The fourth-order valence-corrected chi connectivity index (χ4v) is 4.07. The van der Waals surface area contributed by atoms with Crippen LogP contribution in [-0.2, 0) is 6.54 Å². The predicted octanol–water partition coefficient (Wildman–Crippen LogP) is 3.28. The fraction of sp³-hybridized carbons (Fsp3) is 0.625. The molecule has 3 atom stereocenters. The van der Waals surface area contributed by atoms with Crippen LogP contribution in [-0.4, -0.2) is 18.5 Å². The lowest BCUT2D eigenvalue weighted by atomic mass is 9.88. The second-order valence-corrected chi connectivity index (χ2v) is 6.47. The molecule has 0 heterocycles. The second-order valence-electron chi connectivity index (χ2n) is 6.47. The average molecular weight is 262 g/mol. The Hall–Kier alpha value is -1.09. The molecule has 2 nitrogen and oxygen atoms in total. The molecule has 2 N–H and O–H groups in total. The fourth-order valence-electron chi connectivity index (χ4n) is 4.07. The van der Waals surface area contributed by atoms with Crippen molar-refractivity contribution in [3.05, 3.63) is 29.6 Å². The van der Waals surface area contributed by atoms with Gasteiger partial charge in [-0.2, -0.15) is 0 Å². The van der Waals surface area contributed by atoms with E-state index in [1.807, 2.05) is 6.07 Å². The number of rotatable bonds is 4. The second kappa shape index (κ2) is 5.12. The van der Waals surface area contributed by atoms with Gasteiger partial charge in [0, 0.05) is 18.8 Å². The summed E-state index contributed by atoms with van der Waals surface area (Å²) in [6.07, 6.45) is 5.75. The number of hydrogen-bond acceptors (Lipinski definition) is 2. The van der Waals surface area contributed by atoms with Crippen molar-refractivity contribution >= 4 is 5.69 Å². The predicted molar refractivity (Wildman–Crippen MR) is 76.1 cm³/mol. The van der Waals surface area contributed by atoms with Gasteiger partial charge in [-0.15, -0.1) is 0 Å². The SMILES string of the molecule is CN(Cc1ccc(F)cc1N)CC1CC2CCC1C2. The molecule has 3 rings (SSSR count). The maximum absolute atomic E-state index is 13.0. The summed E-state index contributed by atoms with van der Waals surface area (Å²) in [6.45, 7) is 1.97. The number of hydrogen-bond donors (Lipinski definition) is 1. The van der Waals surface area contributed by atoms with E-state index >= 15 is 0 Å². The highest BCUT2D eigenvalue weighted by Crippen LogP contribution is 2.48. The van der Waals surface area contributed by atoms with Gasteiger partial charge >= 0.3 is 0 Å². The highest BCUT2D eigenvalue weighted by Gasteiger charge is 2.39. The van der Waals surface area contributed by atoms with E-state index in [9.17, 15) is 4.39 Å². The Kier molecular flexibility index (Phi) is 3.48. The zero-order valence-corrected chi connectivity index (χ0v) is 11.6. The van der Waals surface area contributed by atoms with Gasteiger partial charge in [0.15, 0.2) is 0 Å². The summed E-state index contributed by atoms with van der Waals surface area (Å²) in [5.41, 5.74) is 7.48. The molecule has 0 radical (unpaired) electrons. The Morgan fingerprint density at radius 2 is 2.16 bits per heavy atom. The van der Waals surface area contributed by atoms with Crippen molar-refractivity contribution < 1.29 is 4.39 Å². The first-order chi connectivity index (χ1) is 9.11. The van der Waals surface area contributed by atoms with Gasteiger partial charge in [-0.25, -0.2) is 4.39 Å². The molecule has 0 spiro atoms. The lowest BCUT2D eigenvalue weighted by Crippen LogP contribution is -2.28. The third kappa shape index (κ3) is 2.76. The Labute approximate surface area is 114 Å². The third-order valence-corrected chi connectivity index (χ3v) is 4.98. The van der Waals surface area contributed by atoms with Crippen molar-refractivity contribution in [3.8, 4) is 0 Å². The molecule has 0 amide bonds. The molecule has 2 saturated carbocycles. The summed E-state index contributed by atoms with van der Waals surface area (Å²) in [5, 5.41) is 0. The van der Waals surface area contributed by atoms with Crippen LogP contribution in [0.1, 0.15) is 31.2 Å². The Morgan fingerprint density at radius 1 is 1.32 bits per heavy atom. The third-order valence-electron chi connectivity index (χ3n) is 4.98. The quantitative estimate of drug-likeness (QED) is 0.844. The van der Waals surface area contributed by atoms with E-state index in [-0.39, 0.29) is 5.82 Å². The molecule has 2 aliphatic rings. The van der Waals surface area contributed by atoms with Crippen molar-refractivity contribution in [2.75, 3.05) is 19.3 Å². The maximum Gasteiger partial charge on any atom is 0.125 e. The topological polar surface area (TPSA) is 29.3 Å². The molecule has 1 aromatic rings. The van der Waals surface area contributed by atoms with Crippen molar-refractivity contribution in [1.29, 1.82) is 0 Å². The van der Waals surface area contributed by atoms with E-state index in [1.165, 1.54) is 37.8 Å². The van der Waals surface area contributed by atoms with Crippen molar-refractivity contribution in [3.63, 3.8) is 0 Å². The van der Waals surface area contributed by atoms with Gasteiger partial charge in [0.05, 0.1) is 0 Å². The summed E-state index contributed by atoms with van der Waals surface area (Å²) >= 11 is 0. The molecule has 0 saturated heterocycles.